The third kappa shape index (κ3) is 2.61. The molecule has 22 heavy (non-hydrogen) atoms. The van der Waals surface area contributed by atoms with E-state index in [1.807, 2.05) is 60.7 Å². The molecule has 110 valence electrons. The van der Waals surface area contributed by atoms with Gasteiger partial charge in [-0.2, -0.15) is 0 Å². The summed E-state index contributed by atoms with van der Waals surface area (Å²) in [6, 6.07) is 24.0. The summed E-state index contributed by atoms with van der Waals surface area (Å²) in [4.78, 5) is 2.16. The molecule has 3 rings (SSSR count). The second kappa shape index (κ2) is 5.82. The molecule has 4 N–H and O–H groups in total. The minimum atomic E-state index is 0.738. The van der Waals surface area contributed by atoms with Crippen LogP contribution < -0.4 is 16.4 Å². The Bertz CT molecular complexity index is 733. The molecule has 0 aromatic heterocycles. The highest BCUT2D eigenvalue weighted by Gasteiger charge is 2.15. The standard InChI is InChI=1S/C19H19N3/c1-14-6-2-4-8-18(14)22(16-12-10-15(20)11-13-16)19-9-5-3-7-17(19)21/h2-13H,20-21H2,1H3. The van der Waals surface area contributed by atoms with Crippen LogP contribution >= 0.6 is 0 Å². The van der Waals surface area contributed by atoms with Gasteiger partial charge in [0, 0.05) is 17.1 Å². The average molecular weight is 289 g/mol. The Kier molecular flexibility index (Phi) is 3.71. The van der Waals surface area contributed by atoms with Crippen LogP contribution in [-0.4, -0.2) is 0 Å². The molecule has 0 radical (unpaired) electrons. The summed E-state index contributed by atoms with van der Waals surface area (Å²) in [5.74, 6) is 0. The Labute approximate surface area is 130 Å². The fraction of sp³-hybridized carbons (Fsp3) is 0.0526. The van der Waals surface area contributed by atoms with Crippen molar-refractivity contribution in [2.24, 2.45) is 0 Å². The Morgan fingerprint density at radius 1 is 0.682 bits per heavy atom. The summed E-state index contributed by atoms with van der Waals surface area (Å²) < 4.78 is 0. The minimum absolute atomic E-state index is 0.738. The van der Waals surface area contributed by atoms with E-state index in [4.69, 9.17) is 11.5 Å². The van der Waals surface area contributed by atoms with E-state index in [0.717, 1.165) is 28.4 Å². The molecule has 0 spiro atoms. The molecule has 0 atom stereocenters. The molecular formula is C19H19N3. The SMILES string of the molecule is Cc1ccccc1N(c1ccc(N)cc1)c1ccccc1N. The maximum absolute atomic E-state index is 6.21. The summed E-state index contributed by atoms with van der Waals surface area (Å²) >= 11 is 0. The van der Waals surface area contributed by atoms with Crippen LogP contribution in [0.15, 0.2) is 72.8 Å². The van der Waals surface area contributed by atoms with Crippen molar-refractivity contribution in [3.63, 3.8) is 0 Å². The molecule has 0 fully saturated rings. The molecule has 0 unspecified atom stereocenters. The molecule has 3 heteroatoms. The zero-order chi connectivity index (χ0) is 15.5. The number of nitrogens with zero attached hydrogens (tertiary/aromatic N) is 1. The van der Waals surface area contributed by atoms with Crippen LogP contribution in [0.25, 0.3) is 0 Å². The highest BCUT2D eigenvalue weighted by Crippen LogP contribution is 2.39. The third-order valence-corrected chi connectivity index (χ3v) is 3.69. The summed E-state index contributed by atoms with van der Waals surface area (Å²) in [7, 11) is 0. The quantitative estimate of drug-likeness (QED) is 0.691. The second-order valence-electron chi connectivity index (χ2n) is 5.27. The van der Waals surface area contributed by atoms with Crippen molar-refractivity contribution in [2.45, 2.75) is 6.92 Å². The van der Waals surface area contributed by atoms with E-state index in [-0.39, 0.29) is 0 Å². The lowest BCUT2D eigenvalue weighted by Gasteiger charge is -2.28. The van der Waals surface area contributed by atoms with E-state index < -0.39 is 0 Å². The van der Waals surface area contributed by atoms with Crippen molar-refractivity contribution >= 4 is 28.4 Å². The van der Waals surface area contributed by atoms with Crippen molar-refractivity contribution in [3.8, 4) is 0 Å². The maximum Gasteiger partial charge on any atom is 0.0691 e. The smallest absolute Gasteiger partial charge is 0.0691 e. The van der Waals surface area contributed by atoms with Gasteiger partial charge in [0.2, 0.25) is 0 Å². The minimum Gasteiger partial charge on any atom is -0.399 e. The van der Waals surface area contributed by atoms with Gasteiger partial charge in [-0.3, -0.25) is 0 Å². The van der Waals surface area contributed by atoms with E-state index in [2.05, 4.69) is 24.0 Å². The lowest BCUT2D eigenvalue weighted by molar-refractivity contribution is 1.25. The number of anilines is 5. The molecule has 3 nitrogen and oxygen atoms in total. The fourth-order valence-corrected chi connectivity index (χ4v) is 2.54. The number of rotatable bonds is 3. The summed E-state index contributed by atoms with van der Waals surface area (Å²) in [6.07, 6.45) is 0. The van der Waals surface area contributed by atoms with Gasteiger partial charge in [-0.15, -0.1) is 0 Å². The molecule has 0 amide bonds. The van der Waals surface area contributed by atoms with Crippen LogP contribution in [0.2, 0.25) is 0 Å². The topological polar surface area (TPSA) is 55.3 Å². The Morgan fingerprint density at radius 2 is 1.27 bits per heavy atom. The molecule has 0 saturated carbocycles. The van der Waals surface area contributed by atoms with E-state index >= 15 is 0 Å². The fourth-order valence-electron chi connectivity index (χ4n) is 2.54. The Morgan fingerprint density at radius 3 is 1.91 bits per heavy atom. The Balaban J connectivity index is 2.21. The van der Waals surface area contributed by atoms with E-state index in [9.17, 15) is 0 Å². The van der Waals surface area contributed by atoms with Crippen molar-refractivity contribution < 1.29 is 0 Å². The lowest BCUT2D eigenvalue weighted by Crippen LogP contribution is -2.13. The van der Waals surface area contributed by atoms with Gasteiger partial charge < -0.3 is 16.4 Å². The van der Waals surface area contributed by atoms with Gasteiger partial charge in [-0.05, 0) is 55.0 Å². The molecule has 3 aromatic carbocycles. The van der Waals surface area contributed by atoms with Gasteiger partial charge in [-0.25, -0.2) is 0 Å². The molecule has 3 aromatic rings. The number of benzene rings is 3. The molecule has 0 saturated heterocycles. The van der Waals surface area contributed by atoms with Crippen molar-refractivity contribution in [1.29, 1.82) is 0 Å². The van der Waals surface area contributed by atoms with Crippen LogP contribution in [0, 0.1) is 6.92 Å². The predicted molar refractivity (Wildman–Crippen MR) is 94.7 cm³/mol. The van der Waals surface area contributed by atoms with Gasteiger partial charge in [0.15, 0.2) is 0 Å². The first-order chi connectivity index (χ1) is 10.7. The van der Waals surface area contributed by atoms with Gasteiger partial charge >= 0.3 is 0 Å². The van der Waals surface area contributed by atoms with Crippen molar-refractivity contribution in [2.75, 3.05) is 16.4 Å². The molecule has 0 bridgehead atoms. The zero-order valence-corrected chi connectivity index (χ0v) is 12.5. The largest absolute Gasteiger partial charge is 0.399 e. The van der Waals surface area contributed by atoms with Crippen LogP contribution in [0.1, 0.15) is 5.56 Å². The number of aryl methyl sites for hydroxylation is 1. The second-order valence-corrected chi connectivity index (χ2v) is 5.27. The number of hydrogen-bond acceptors (Lipinski definition) is 3. The molecular weight excluding hydrogens is 270 g/mol. The highest BCUT2D eigenvalue weighted by atomic mass is 15.2. The van der Waals surface area contributed by atoms with E-state index in [1.54, 1.807) is 0 Å². The predicted octanol–water partition coefficient (Wildman–Crippen LogP) is 4.63. The number of nitrogen functional groups attached to an aromatic ring is 2. The van der Waals surface area contributed by atoms with E-state index in [0.29, 0.717) is 0 Å². The van der Waals surface area contributed by atoms with Gasteiger partial charge in [0.05, 0.1) is 11.4 Å². The zero-order valence-electron chi connectivity index (χ0n) is 12.5. The number of hydrogen-bond donors (Lipinski definition) is 2. The maximum atomic E-state index is 6.21. The Hall–Kier alpha value is -2.94. The summed E-state index contributed by atoms with van der Waals surface area (Å²) in [5.41, 5.74) is 17.8. The van der Waals surface area contributed by atoms with Crippen molar-refractivity contribution in [1.82, 2.24) is 0 Å². The first-order valence-corrected chi connectivity index (χ1v) is 7.22. The summed E-state index contributed by atoms with van der Waals surface area (Å²) in [5, 5.41) is 0. The van der Waals surface area contributed by atoms with Crippen LogP contribution in [0.3, 0.4) is 0 Å². The van der Waals surface area contributed by atoms with Crippen LogP contribution in [-0.2, 0) is 0 Å². The summed E-state index contributed by atoms with van der Waals surface area (Å²) in [6.45, 7) is 2.10. The molecule has 0 aliphatic rings. The van der Waals surface area contributed by atoms with Crippen molar-refractivity contribution in [3.05, 3.63) is 78.4 Å². The third-order valence-electron chi connectivity index (χ3n) is 3.69. The number of para-hydroxylation sites is 3. The molecule has 0 heterocycles. The number of nitrogens with two attached hydrogens (primary N) is 2. The molecule has 0 aliphatic heterocycles. The highest BCUT2D eigenvalue weighted by molar-refractivity contribution is 5.84. The first kappa shape index (κ1) is 14.0. The lowest BCUT2D eigenvalue weighted by atomic mass is 10.1. The van der Waals surface area contributed by atoms with E-state index in [1.165, 1.54) is 5.56 Å². The monoisotopic (exact) mass is 289 g/mol. The molecule has 0 aliphatic carbocycles. The van der Waals surface area contributed by atoms with Gasteiger partial charge in [-0.1, -0.05) is 30.3 Å². The van der Waals surface area contributed by atoms with Gasteiger partial charge in [0.1, 0.15) is 0 Å². The normalized spacial score (nSPS) is 10.4. The average Bonchev–Trinajstić information content (AvgIpc) is 2.53. The van der Waals surface area contributed by atoms with Crippen LogP contribution in [0.5, 0.6) is 0 Å². The first-order valence-electron chi connectivity index (χ1n) is 7.22. The van der Waals surface area contributed by atoms with Gasteiger partial charge in [0.25, 0.3) is 0 Å². The van der Waals surface area contributed by atoms with Crippen LogP contribution in [0.4, 0.5) is 28.4 Å².